The van der Waals surface area contributed by atoms with Gasteiger partial charge in [-0.3, -0.25) is 15.0 Å². The lowest BCUT2D eigenvalue weighted by atomic mass is 10.6. The van der Waals surface area contributed by atoms with Gasteiger partial charge >= 0.3 is 0 Å². The predicted molar refractivity (Wildman–Crippen MR) is 48.1 cm³/mol. The molecule has 7 heteroatoms. The van der Waals surface area contributed by atoms with Gasteiger partial charge in [0.2, 0.25) is 5.91 Å². The smallest absolute Gasteiger partial charge is 0.294 e. The summed E-state index contributed by atoms with van der Waals surface area (Å²) >= 11 is 1.06. The number of rotatable bonds is 2. The maximum absolute atomic E-state index is 10.9. The van der Waals surface area contributed by atoms with E-state index in [1.54, 1.807) is 0 Å². The largest absolute Gasteiger partial charge is 0.317 e. The van der Waals surface area contributed by atoms with Crippen LogP contribution < -0.4 is 16.6 Å². The Kier molecular flexibility index (Phi) is 2.93. The number of thiazole rings is 1. The number of nitrogens with zero attached hydrogens (tertiary/aromatic N) is 1. The Morgan fingerprint density at radius 3 is 2.85 bits per heavy atom. The van der Waals surface area contributed by atoms with E-state index in [1.165, 1.54) is 13.1 Å². The molecule has 0 saturated heterocycles. The molecule has 0 aliphatic heterocycles. The number of hydrogen-bond donors (Lipinski definition) is 3. The summed E-state index contributed by atoms with van der Waals surface area (Å²) < 4.78 is 0. The second-order valence-electron chi connectivity index (χ2n) is 2.18. The maximum Gasteiger partial charge on any atom is 0.294 e. The average Bonchev–Trinajstić information content (AvgIpc) is 2.50. The molecule has 13 heavy (non-hydrogen) atoms. The van der Waals surface area contributed by atoms with Gasteiger partial charge < -0.3 is 5.32 Å². The minimum absolute atomic E-state index is 0.205. The van der Waals surface area contributed by atoms with Gasteiger partial charge in [0, 0.05) is 6.92 Å². The molecular weight excluding hydrogens is 192 g/mol. The van der Waals surface area contributed by atoms with Crippen LogP contribution in [-0.2, 0) is 4.79 Å². The molecule has 1 aromatic heterocycles. The number of amides is 2. The van der Waals surface area contributed by atoms with E-state index in [2.05, 4.69) is 10.3 Å². The number of nitrogen functional groups attached to an aromatic ring is 1. The van der Waals surface area contributed by atoms with Crippen LogP contribution in [0.1, 0.15) is 16.7 Å². The third-order valence-electron chi connectivity index (χ3n) is 1.13. The molecule has 0 bridgehead atoms. The Balaban J connectivity index is 2.74. The third-order valence-corrected chi connectivity index (χ3v) is 2.04. The van der Waals surface area contributed by atoms with E-state index in [0.717, 1.165) is 11.3 Å². The van der Waals surface area contributed by atoms with Crippen molar-refractivity contribution in [2.45, 2.75) is 6.92 Å². The fourth-order valence-electron chi connectivity index (χ4n) is 0.672. The first-order valence-corrected chi connectivity index (χ1v) is 4.19. The minimum atomic E-state index is -0.471. The molecule has 0 unspecified atom stereocenters. The van der Waals surface area contributed by atoms with Gasteiger partial charge in [-0.2, -0.15) is 0 Å². The molecule has 0 spiro atoms. The van der Waals surface area contributed by atoms with Crippen molar-refractivity contribution in [3.63, 3.8) is 0 Å². The van der Waals surface area contributed by atoms with Crippen LogP contribution in [0.4, 0.5) is 5.00 Å². The van der Waals surface area contributed by atoms with Crippen LogP contribution in [-0.4, -0.2) is 16.8 Å². The SMILES string of the molecule is CC(=O)Nc1cnc(C(=O)NN)s1. The molecule has 1 heterocycles. The van der Waals surface area contributed by atoms with Crippen LogP contribution in [0.3, 0.4) is 0 Å². The summed E-state index contributed by atoms with van der Waals surface area (Å²) in [6.45, 7) is 1.38. The van der Waals surface area contributed by atoms with E-state index >= 15 is 0 Å². The van der Waals surface area contributed by atoms with Gasteiger partial charge in [0.25, 0.3) is 5.91 Å². The summed E-state index contributed by atoms with van der Waals surface area (Å²) in [7, 11) is 0. The number of hydrogen-bond acceptors (Lipinski definition) is 5. The van der Waals surface area contributed by atoms with Crippen LogP contribution in [0.2, 0.25) is 0 Å². The van der Waals surface area contributed by atoms with Crippen molar-refractivity contribution in [1.82, 2.24) is 10.4 Å². The van der Waals surface area contributed by atoms with Gasteiger partial charge in [0.05, 0.1) is 6.20 Å². The van der Waals surface area contributed by atoms with E-state index < -0.39 is 5.91 Å². The van der Waals surface area contributed by atoms with Gasteiger partial charge in [0.15, 0.2) is 5.01 Å². The third kappa shape index (κ3) is 2.49. The zero-order chi connectivity index (χ0) is 9.84. The molecule has 1 rings (SSSR count). The number of hydrazine groups is 1. The second-order valence-corrected chi connectivity index (χ2v) is 3.21. The van der Waals surface area contributed by atoms with Gasteiger partial charge in [0.1, 0.15) is 5.00 Å². The number of nitrogens with one attached hydrogen (secondary N) is 2. The highest BCUT2D eigenvalue weighted by molar-refractivity contribution is 7.17. The van der Waals surface area contributed by atoms with E-state index in [4.69, 9.17) is 5.84 Å². The summed E-state index contributed by atoms with van der Waals surface area (Å²) in [5.41, 5.74) is 1.94. The molecule has 0 fully saturated rings. The lowest BCUT2D eigenvalue weighted by Crippen LogP contribution is -2.29. The van der Waals surface area contributed by atoms with Gasteiger partial charge in [-0.25, -0.2) is 10.8 Å². The quantitative estimate of drug-likeness (QED) is 0.347. The van der Waals surface area contributed by atoms with Crippen LogP contribution in [0.15, 0.2) is 6.20 Å². The molecule has 70 valence electrons. The number of nitrogens with two attached hydrogens (primary N) is 1. The highest BCUT2D eigenvalue weighted by Crippen LogP contribution is 2.17. The summed E-state index contributed by atoms with van der Waals surface area (Å²) in [5.74, 6) is 4.22. The first kappa shape index (κ1) is 9.62. The molecule has 2 amide bonds. The maximum atomic E-state index is 10.9. The van der Waals surface area contributed by atoms with Gasteiger partial charge in [-0.1, -0.05) is 11.3 Å². The molecule has 0 aromatic carbocycles. The standard InChI is InChI=1S/C6H8N4O2S/c1-3(11)9-4-2-8-6(13-4)5(12)10-7/h2H,7H2,1H3,(H,9,11)(H,10,12). The van der Waals surface area contributed by atoms with Crippen molar-refractivity contribution in [2.24, 2.45) is 5.84 Å². The predicted octanol–water partition coefficient (Wildman–Crippen LogP) is -0.295. The second kappa shape index (κ2) is 3.97. The van der Waals surface area contributed by atoms with E-state index in [1.807, 2.05) is 5.43 Å². The van der Waals surface area contributed by atoms with Crippen molar-refractivity contribution in [3.8, 4) is 0 Å². The fraction of sp³-hybridized carbons (Fsp3) is 0.167. The van der Waals surface area contributed by atoms with Crippen molar-refractivity contribution < 1.29 is 9.59 Å². The van der Waals surface area contributed by atoms with Crippen LogP contribution in [0.25, 0.3) is 0 Å². The summed E-state index contributed by atoms with van der Waals surface area (Å²) in [4.78, 5) is 25.3. The number of carbonyl (C=O) groups is 2. The molecule has 4 N–H and O–H groups in total. The minimum Gasteiger partial charge on any atom is -0.317 e. The molecule has 0 atom stereocenters. The highest BCUT2D eigenvalue weighted by Gasteiger charge is 2.09. The molecule has 1 aromatic rings. The topological polar surface area (TPSA) is 97.1 Å². The fourth-order valence-corrected chi connectivity index (χ4v) is 1.44. The Bertz CT molecular complexity index is 335. The Morgan fingerprint density at radius 2 is 2.31 bits per heavy atom. The summed E-state index contributed by atoms with van der Waals surface area (Å²) in [5, 5.41) is 3.23. The lowest BCUT2D eigenvalue weighted by Gasteiger charge is -1.93. The van der Waals surface area contributed by atoms with Gasteiger partial charge in [-0.15, -0.1) is 0 Å². The Hall–Kier alpha value is -1.47. The van der Waals surface area contributed by atoms with E-state index in [-0.39, 0.29) is 10.9 Å². The molecule has 0 saturated carbocycles. The molecular formula is C6H8N4O2S. The number of anilines is 1. The van der Waals surface area contributed by atoms with Crippen molar-refractivity contribution in [3.05, 3.63) is 11.2 Å². The zero-order valence-corrected chi connectivity index (χ0v) is 7.64. The summed E-state index contributed by atoms with van der Waals surface area (Å²) in [6.07, 6.45) is 1.40. The van der Waals surface area contributed by atoms with Crippen molar-refractivity contribution in [1.29, 1.82) is 0 Å². The monoisotopic (exact) mass is 200 g/mol. The van der Waals surface area contributed by atoms with Crippen LogP contribution in [0.5, 0.6) is 0 Å². The number of carbonyl (C=O) groups excluding carboxylic acids is 2. The Morgan fingerprint density at radius 1 is 1.62 bits per heavy atom. The van der Waals surface area contributed by atoms with E-state index in [0.29, 0.717) is 5.00 Å². The normalized spacial score (nSPS) is 9.38. The van der Waals surface area contributed by atoms with E-state index in [9.17, 15) is 9.59 Å². The molecule has 6 nitrogen and oxygen atoms in total. The average molecular weight is 200 g/mol. The molecule has 0 aliphatic rings. The van der Waals surface area contributed by atoms with Crippen LogP contribution >= 0.6 is 11.3 Å². The summed E-state index contributed by atoms with van der Waals surface area (Å²) in [6, 6.07) is 0. The Labute approximate surface area is 78.1 Å². The lowest BCUT2D eigenvalue weighted by molar-refractivity contribution is -0.114. The highest BCUT2D eigenvalue weighted by atomic mass is 32.1. The zero-order valence-electron chi connectivity index (χ0n) is 6.83. The van der Waals surface area contributed by atoms with Crippen molar-refractivity contribution >= 4 is 28.2 Å². The molecule has 0 radical (unpaired) electrons. The van der Waals surface area contributed by atoms with Gasteiger partial charge in [-0.05, 0) is 0 Å². The molecule has 0 aliphatic carbocycles. The first-order valence-electron chi connectivity index (χ1n) is 3.38. The van der Waals surface area contributed by atoms with Crippen LogP contribution in [0, 0.1) is 0 Å². The number of aromatic nitrogens is 1. The first-order chi connectivity index (χ1) is 6.13. The van der Waals surface area contributed by atoms with Crippen molar-refractivity contribution in [2.75, 3.05) is 5.32 Å².